The second kappa shape index (κ2) is 10.6. The third-order valence-corrected chi connectivity index (χ3v) is 6.09. The van der Waals surface area contributed by atoms with E-state index < -0.39 is 11.1 Å². The van der Waals surface area contributed by atoms with Gasteiger partial charge in [-0.1, -0.05) is 22.9 Å². The Morgan fingerprint density at radius 3 is 2.71 bits per heavy atom. The summed E-state index contributed by atoms with van der Waals surface area (Å²) in [7, 11) is 0. The van der Waals surface area contributed by atoms with Gasteiger partial charge in [-0.2, -0.15) is 0 Å². The van der Waals surface area contributed by atoms with Gasteiger partial charge in [-0.05, 0) is 38.1 Å². The molecule has 10 nitrogen and oxygen atoms in total. The zero-order chi connectivity index (χ0) is 26.6. The summed E-state index contributed by atoms with van der Waals surface area (Å²) < 4.78 is 14.7. The third kappa shape index (κ3) is 5.39. The van der Waals surface area contributed by atoms with Crippen molar-refractivity contribution in [3.8, 4) is 17.2 Å². The molecule has 5 rings (SSSR count). The van der Waals surface area contributed by atoms with Crippen LogP contribution in [-0.2, 0) is 13.2 Å². The Labute approximate surface area is 217 Å². The first-order valence-corrected chi connectivity index (χ1v) is 12.0. The van der Waals surface area contributed by atoms with Crippen LogP contribution < -0.4 is 15.8 Å². The number of ether oxygens (including phenoxy) is 1. The zero-order valence-electron chi connectivity index (χ0n) is 20.9. The Morgan fingerprint density at radius 2 is 1.89 bits per heavy atom. The molecule has 3 heterocycles. The minimum Gasteiger partial charge on any atom is -0.503 e. The molecule has 3 aromatic heterocycles. The maximum absolute atomic E-state index is 12.2. The van der Waals surface area contributed by atoms with Crippen molar-refractivity contribution < 1.29 is 14.3 Å². The summed E-state index contributed by atoms with van der Waals surface area (Å²) >= 11 is 0. The van der Waals surface area contributed by atoms with E-state index in [4.69, 9.17) is 9.15 Å². The van der Waals surface area contributed by atoms with Crippen LogP contribution in [0.15, 0.2) is 86.0 Å². The molecule has 0 amide bonds. The molecule has 0 saturated heterocycles. The first kappa shape index (κ1) is 24.7. The highest BCUT2D eigenvalue weighted by molar-refractivity contribution is 5.97. The van der Waals surface area contributed by atoms with Crippen LogP contribution in [-0.4, -0.2) is 37.4 Å². The van der Waals surface area contributed by atoms with Crippen LogP contribution in [0.5, 0.6) is 11.5 Å². The predicted octanol–water partition coefficient (Wildman–Crippen LogP) is 3.56. The van der Waals surface area contributed by atoms with Crippen molar-refractivity contribution in [2.24, 2.45) is 4.99 Å². The standard InChI is InChI=1S/C28H25N5O5/c1-18-3-5-22(6-4-18)33-16-21(30-31-33)17-37-23-7-8-24-20(13-27(35)38-26(24)14-23)15-29-10-12-32-11-9-25(34)28(36)19(32)2/h3-9,11,13-16,36H,10,12,17H2,1-2H3. The molecule has 38 heavy (non-hydrogen) atoms. The van der Waals surface area contributed by atoms with Crippen molar-refractivity contribution in [2.45, 2.75) is 27.0 Å². The number of aryl methyl sites for hydroxylation is 1. The van der Waals surface area contributed by atoms with Gasteiger partial charge in [0.1, 0.15) is 23.6 Å². The highest BCUT2D eigenvalue weighted by Crippen LogP contribution is 2.23. The van der Waals surface area contributed by atoms with Crippen LogP contribution >= 0.6 is 0 Å². The minimum atomic E-state index is -0.502. The minimum absolute atomic E-state index is 0.197. The zero-order valence-corrected chi connectivity index (χ0v) is 20.9. The molecule has 0 spiro atoms. The van der Waals surface area contributed by atoms with Crippen LogP contribution in [0.3, 0.4) is 0 Å². The first-order valence-electron chi connectivity index (χ1n) is 12.0. The number of benzene rings is 2. The van der Waals surface area contributed by atoms with Crippen LogP contribution in [0, 0.1) is 13.8 Å². The monoisotopic (exact) mass is 511 g/mol. The quantitative estimate of drug-likeness (QED) is 0.249. The van der Waals surface area contributed by atoms with Crippen molar-refractivity contribution in [1.82, 2.24) is 19.6 Å². The number of aromatic nitrogens is 4. The van der Waals surface area contributed by atoms with Crippen molar-refractivity contribution in [1.29, 1.82) is 0 Å². The highest BCUT2D eigenvalue weighted by Gasteiger charge is 2.09. The fourth-order valence-electron chi connectivity index (χ4n) is 3.94. The van der Waals surface area contributed by atoms with E-state index in [1.54, 1.807) is 46.9 Å². The van der Waals surface area contributed by atoms with E-state index in [1.807, 2.05) is 37.3 Å². The summed E-state index contributed by atoms with van der Waals surface area (Å²) in [6, 6.07) is 15.9. The van der Waals surface area contributed by atoms with E-state index in [0.29, 0.717) is 46.8 Å². The number of hydrogen-bond acceptors (Lipinski definition) is 8. The van der Waals surface area contributed by atoms with Crippen molar-refractivity contribution >= 4 is 17.2 Å². The van der Waals surface area contributed by atoms with E-state index in [1.165, 1.54) is 12.1 Å². The number of aliphatic imine (C=N–C) groups is 1. The Bertz CT molecular complexity index is 1750. The lowest BCUT2D eigenvalue weighted by molar-refractivity contribution is 0.301. The van der Waals surface area contributed by atoms with Crippen LogP contribution in [0.25, 0.3) is 16.7 Å². The van der Waals surface area contributed by atoms with Gasteiger partial charge in [0.05, 0.1) is 24.1 Å². The Kier molecular flexibility index (Phi) is 6.86. The SMILES string of the molecule is Cc1ccc(-n2cc(COc3ccc4c(C=NCCn5ccc(=O)c(O)c5C)cc(=O)oc4c3)nn2)cc1. The van der Waals surface area contributed by atoms with E-state index in [0.717, 1.165) is 11.3 Å². The predicted molar refractivity (Wildman–Crippen MR) is 142 cm³/mol. The fraction of sp³-hybridized carbons (Fsp3) is 0.179. The summed E-state index contributed by atoms with van der Waals surface area (Å²) in [6.45, 7) is 4.74. The van der Waals surface area contributed by atoms with Crippen LogP contribution in [0.4, 0.5) is 0 Å². The van der Waals surface area contributed by atoms with Gasteiger partial charge in [-0.3, -0.25) is 9.79 Å². The van der Waals surface area contributed by atoms with Gasteiger partial charge >= 0.3 is 5.63 Å². The van der Waals surface area contributed by atoms with Crippen LogP contribution in [0.2, 0.25) is 0 Å². The lowest BCUT2D eigenvalue weighted by Gasteiger charge is -2.09. The summed E-state index contributed by atoms with van der Waals surface area (Å²) in [4.78, 5) is 28.1. The molecule has 0 atom stereocenters. The lowest BCUT2D eigenvalue weighted by atomic mass is 10.1. The third-order valence-electron chi connectivity index (χ3n) is 6.09. The summed E-state index contributed by atoms with van der Waals surface area (Å²) in [5, 5.41) is 18.8. The fourth-order valence-corrected chi connectivity index (χ4v) is 3.94. The molecule has 0 aliphatic heterocycles. The topological polar surface area (TPSA) is 125 Å². The molecule has 0 radical (unpaired) electrons. The number of fused-ring (bicyclic) bond motifs is 1. The molecule has 0 saturated carbocycles. The molecule has 10 heteroatoms. The number of pyridine rings is 1. The van der Waals surface area contributed by atoms with Gasteiger partial charge in [-0.25, -0.2) is 9.48 Å². The molecule has 1 N–H and O–H groups in total. The van der Waals surface area contributed by atoms with Gasteiger partial charge < -0.3 is 18.8 Å². The molecule has 5 aromatic rings. The molecular formula is C28H25N5O5. The smallest absolute Gasteiger partial charge is 0.336 e. The molecule has 0 aliphatic carbocycles. The van der Waals surface area contributed by atoms with Gasteiger partial charge in [0.15, 0.2) is 5.75 Å². The van der Waals surface area contributed by atoms with Gasteiger partial charge in [0.2, 0.25) is 5.43 Å². The molecule has 192 valence electrons. The Morgan fingerprint density at radius 1 is 1.08 bits per heavy atom. The van der Waals surface area contributed by atoms with E-state index in [9.17, 15) is 14.7 Å². The van der Waals surface area contributed by atoms with Gasteiger partial charge in [0.25, 0.3) is 0 Å². The van der Waals surface area contributed by atoms with Gasteiger partial charge in [-0.15, -0.1) is 5.10 Å². The summed E-state index contributed by atoms with van der Waals surface area (Å²) in [5.41, 5.74) is 3.27. The summed E-state index contributed by atoms with van der Waals surface area (Å²) in [6.07, 6.45) is 5.03. The molecule has 2 aromatic carbocycles. The average molecular weight is 512 g/mol. The number of rotatable bonds is 8. The normalized spacial score (nSPS) is 11.4. The average Bonchev–Trinajstić information content (AvgIpc) is 3.39. The first-order chi connectivity index (χ1) is 18.4. The number of aromatic hydroxyl groups is 1. The van der Waals surface area contributed by atoms with E-state index in [-0.39, 0.29) is 12.4 Å². The Hall–Kier alpha value is -4.99. The summed E-state index contributed by atoms with van der Waals surface area (Å²) in [5.74, 6) is 0.255. The highest BCUT2D eigenvalue weighted by atomic mass is 16.5. The van der Waals surface area contributed by atoms with E-state index in [2.05, 4.69) is 15.3 Å². The van der Waals surface area contributed by atoms with Crippen molar-refractivity contribution in [3.63, 3.8) is 0 Å². The molecule has 0 fully saturated rings. The van der Waals surface area contributed by atoms with E-state index >= 15 is 0 Å². The molecule has 0 aliphatic rings. The van der Waals surface area contributed by atoms with Crippen LogP contribution in [0.1, 0.15) is 22.5 Å². The maximum Gasteiger partial charge on any atom is 0.336 e. The lowest BCUT2D eigenvalue weighted by Crippen LogP contribution is -2.11. The molecular weight excluding hydrogens is 486 g/mol. The number of nitrogens with zero attached hydrogens (tertiary/aromatic N) is 5. The van der Waals surface area contributed by atoms with Gasteiger partial charge in [0, 0.05) is 48.1 Å². The number of hydrogen-bond donors (Lipinski definition) is 1. The van der Waals surface area contributed by atoms with Crippen molar-refractivity contribution in [2.75, 3.05) is 6.54 Å². The largest absolute Gasteiger partial charge is 0.503 e. The van der Waals surface area contributed by atoms with Crippen molar-refractivity contribution in [3.05, 3.63) is 110 Å². The maximum atomic E-state index is 12.2. The second-order valence-electron chi connectivity index (χ2n) is 8.80. The molecule has 0 unspecified atom stereocenters. The Balaban J connectivity index is 1.27. The molecule has 0 bridgehead atoms. The second-order valence-corrected chi connectivity index (χ2v) is 8.80.